The lowest BCUT2D eigenvalue weighted by Gasteiger charge is -2.29. The molecule has 150 valence electrons. The third kappa shape index (κ3) is 5.59. The number of aryl methyl sites for hydroxylation is 2. The van der Waals surface area contributed by atoms with Crippen LogP contribution in [0.4, 0.5) is 0 Å². The number of methoxy groups -OCH3 is 1. The minimum atomic E-state index is -0.566. The van der Waals surface area contributed by atoms with Gasteiger partial charge in [0.05, 0.1) is 13.5 Å². The fraction of sp³-hybridized carbons (Fsp3) is 0.391. The summed E-state index contributed by atoms with van der Waals surface area (Å²) in [6.45, 7) is 8.53. The summed E-state index contributed by atoms with van der Waals surface area (Å²) >= 11 is 0. The summed E-state index contributed by atoms with van der Waals surface area (Å²) < 4.78 is 5.29. The lowest BCUT2D eigenvalue weighted by Crippen LogP contribution is -2.48. The predicted molar refractivity (Wildman–Crippen MR) is 111 cm³/mol. The zero-order chi connectivity index (χ0) is 20.7. The molecule has 0 aliphatic carbocycles. The van der Waals surface area contributed by atoms with Crippen LogP contribution in [0, 0.1) is 13.8 Å². The highest BCUT2D eigenvalue weighted by molar-refractivity contribution is 5.88. The average Bonchev–Trinajstić information content (AvgIpc) is 2.68. The molecule has 0 unspecified atom stereocenters. The summed E-state index contributed by atoms with van der Waals surface area (Å²) in [6, 6.07) is 13.1. The van der Waals surface area contributed by atoms with Crippen molar-refractivity contribution in [2.75, 3.05) is 13.7 Å². The fourth-order valence-corrected chi connectivity index (χ4v) is 3.13. The summed E-state index contributed by atoms with van der Waals surface area (Å²) in [4.78, 5) is 27.3. The number of nitrogens with zero attached hydrogens (tertiary/aromatic N) is 1. The van der Waals surface area contributed by atoms with E-state index in [0.29, 0.717) is 13.1 Å². The van der Waals surface area contributed by atoms with Gasteiger partial charge in [0.15, 0.2) is 0 Å². The maximum absolute atomic E-state index is 13.2. The van der Waals surface area contributed by atoms with E-state index >= 15 is 0 Å². The van der Waals surface area contributed by atoms with E-state index in [1.54, 1.807) is 18.9 Å². The normalized spacial score (nSPS) is 11.6. The van der Waals surface area contributed by atoms with Crippen LogP contribution in [0.2, 0.25) is 0 Å². The average molecular weight is 383 g/mol. The third-order valence-corrected chi connectivity index (χ3v) is 4.85. The number of ether oxygens (including phenoxy) is 1. The summed E-state index contributed by atoms with van der Waals surface area (Å²) in [6.07, 6.45) is 0.265. The highest BCUT2D eigenvalue weighted by Gasteiger charge is 2.26. The molecule has 0 fully saturated rings. The first-order valence-electron chi connectivity index (χ1n) is 9.62. The first kappa shape index (κ1) is 21.5. The van der Waals surface area contributed by atoms with E-state index in [4.69, 9.17) is 4.74 Å². The van der Waals surface area contributed by atoms with Gasteiger partial charge < -0.3 is 15.0 Å². The van der Waals surface area contributed by atoms with Gasteiger partial charge in [-0.05, 0) is 56.5 Å². The second-order valence-electron chi connectivity index (χ2n) is 7.05. The number of amides is 2. The quantitative estimate of drug-likeness (QED) is 0.761. The Kier molecular flexibility index (Phi) is 7.61. The molecule has 0 saturated carbocycles. The van der Waals surface area contributed by atoms with Crippen LogP contribution in [-0.2, 0) is 22.6 Å². The van der Waals surface area contributed by atoms with Crippen molar-refractivity contribution >= 4 is 11.8 Å². The number of likely N-dealkylation sites (N-methyl/N-ethyl adjacent to an activating group) is 1. The number of rotatable bonds is 8. The number of hydrogen-bond donors (Lipinski definition) is 1. The summed E-state index contributed by atoms with van der Waals surface area (Å²) in [5.74, 6) is 0.500. The Bertz CT molecular complexity index is 832. The van der Waals surface area contributed by atoms with Crippen LogP contribution in [0.5, 0.6) is 5.75 Å². The second kappa shape index (κ2) is 9.93. The smallest absolute Gasteiger partial charge is 0.242 e. The molecule has 2 rings (SSSR count). The van der Waals surface area contributed by atoms with Crippen LogP contribution < -0.4 is 10.1 Å². The molecule has 28 heavy (non-hydrogen) atoms. The van der Waals surface area contributed by atoms with Crippen molar-refractivity contribution in [1.29, 1.82) is 0 Å². The van der Waals surface area contributed by atoms with E-state index in [0.717, 1.165) is 28.0 Å². The predicted octanol–water partition coefficient (Wildman–Crippen LogP) is 3.41. The Morgan fingerprint density at radius 2 is 1.89 bits per heavy atom. The Balaban J connectivity index is 2.29. The zero-order valence-corrected chi connectivity index (χ0v) is 17.4. The second-order valence-corrected chi connectivity index (χ2v) is 7.05. The molecule has 0 aliphatic heterocycles. The highest BCUT2D eigenvalue weighted by atomic mass is 16.5. The molecule has 1 atom stereocenters. The van der Waals surface area contributed by atoms with Crippen molar-refractivity contribution < 1.29 is 14.3 Å². The molecule has 0 bridgehead atoms. The van der Waals surface area contributed by atoms with Crippen molar-refractivity contribution in [3.8, 4) is 5.75 Å². The number of benzene rings is 2. The van der Waals surface area contributed by atoms with Crippen molar-refractivity contribution in [1.82, 2.24) is 10.2 Å². The van der Waals surface area contributed by atoms with Crippen molar-refractivity contribution in [2.45, 2.75) is 46.7 Å². The van der Waals surface area contributed by atoms with E-state index in [1.807, 2.05) is 63.2 Å². The van der Waals surface area contributed by atoms with Gasteiger partial charge in [0, 0.05) is 13.1 Å². The van der Waals surface area contributed by atoms with Crippen molar-refractivity contribution in [2.24, 2.45) is 0 Å². The number of nitrogens with one attached hydrogen (secondary N) is 1. The zero-order valence-electron chi connectivity index (χ0n) is 17.4. The van der Waals surface area contributed by atoms with Gasteiger partial charge in [0.2, 0.25) is 11.8 Å². The summed E-state index contributed by atoms with van der Waals surface area (Å²) in [5.41, 5.74) is 4.10. The molecule has 0 heterocycles. The topological polar surface area (TPSA) is 58.6 Å². The SMILES string of the molecule is CCNC(=O)[C@H](C)N(Cc1cccc(OC)c1)C(=O)Cc1cc(C)ccc1C. The molecule has 5 heteroatoms. The Hall–Kier alpha value is -2.82. The van der Waals surface area contributed by atoms with Gasteiger partial charge in [0.1, 0.15) is 11.8 Å². The van der Waals surface area contributed by atoms with E-state index in [-0.39, 0.29) is 18.2 Å². The molecule has 2 aromatic carbocycles. The van der Waals surface area contributed by atoms with Gasteiger partial charge in [-0.25, -0.2) is 0 Å². The minimum Gasteiger partial charge on any atom is -0.497 e. The number of carbonyl (C=O) groups excluding carboxylic acids is 2. The monoisotopic (exact) mass is 382 g/mol. The van der Waals surface area contributed by atoms with Crippen LogP contribution in [-0.4, -0.2) is 36.4 Å². The van der Waals surface area contributed by atoms with Gasteiger partial charge in [-0.1, -0.05) is 35.9 Å². The summed E-state index contributed by atoms with van der Waals surface area (Å²) in [7, 11) is 1.61. The minimum absolute atomic E-state index is 0.0738. The largest absolute Gasteiger partial charge is 0.497 e. The molecule has 2 amide bonds. The lowest BCUT2D eigenvalue weighted by atomic mass is 10.0. The lowest BCUT2D eigenvalue weighted by molar-refractivity contribution is -0.140. The molecule has 1 N–H and O–H groups in total. The maximum atomic E-state index is 13.2. The fourth-order valence-electron chi connectivity index (χ4n) is 3.13. The van der Waals surface area contributed by atoms with Gasteiger partial charge in [0.25, 0.3) is 0 Å². The highest BCUT2D eigenvalue weighted by Crippen LogP contribution is 2.18. The van der Waals surface area contributed by atoms with E-state index in [9.17, 15) is 9.59 Å². The van der Waals surface area contributed by atoms with Gasteiger partial charge in [-0.2, -0.15) is 0 Å². The standard InChI is InChI=1S/C23H30N2O3/c1-6-24-23(27)18(4)25(15-19-8-7-9-21(13-19)28-5)22(26)14-20-12-16(2)10-11-17(20)3/h7-13,18H,6,14-15H2,1-5H3,(H,24,27)/t18-/m0/s1. The summed E-state index contributed by atoms with van der Waals surface area (Å²) in [5, 5.41) is 2.82. The first-order chi connectivity index (χ1) is 13.3. The Labute approximate surface area is 167 Å². The first-order valence-corrected chi connectivity index (χ1v) is 9.62. The molecule has 5 nitrogen and oxygen atoms in total. The molecule has 0 radical (unpaired) electrons. The number of hydrogen-bond acceptors (Lipinski definition) is 3. The van der Waals surface area contributed by atoms with Crippen LogP contribution in [0.1, 0.15) is 36.1 Å². The Morgan fingerprint density at radius 1 is 1.14 bits per heavy atom. The molecular formula is C23H30N2O3. The van der Waals surface area contributed by atoms with E-state index in [2.05, 4.69) is 5.32 Å². The van der Waals surface area contributed by atoms with Gasteiger partial charge >= 0.3 is 0 Å². The van der Waals surface area contributed by atoms with Gasteiger partial charge in [-0.3, -0.25) is 9.59 Å². The van der Waals surface area contributed by atoms with E-state index < -0.39 is 6.04 Å². The molecule has 2 aromatic rings. The molecular weight excluding hydrogens is 352 g/mol. The van der Waals surface area contributed by atoms with Crippen molar-refractivity contribution in [3.63, 3.8) is 0 Å². The molecule has 0 saturated heterocycles. The van der Waals surface area contributed by atoms with Crippen LogP contribution >= 0.6 is 0 Å². The van der Waals surface area contributed by atoms with E-state index in [1.165, 1.54) is 0 Å². The molecule has 0 spiro atoms. The van der Waals surface area contributed by atoms with Crippen LogP contribution in [0.25, 0.3) is 0 Å². The molecule has 0 aliphatic rings. The van der Waals surface area contributed by atoms with Gasteiger partial charge in [-0.15, -0.1) is 0 Å². The third-order valence-electron chi connectivity index (χ3n) is 4.85. The van der Waals surface area contributed by atoms with Crippen molar-refractivity contribution in [3.05, 3.63) is 64.7 Å². The molecule has 0 aromatic heterocycles. The number of carbonyl (C=O) groups is 2. The maximum Gasteiger partial charge on any atom is 0.242 e. The Morgan fingerprint density at radius 3 is 2.57 bits per heavy atom. The van der Waals surface area contributed by atoms with Crippen LogP contribution in [0.3, 0.4) is 0 Å². The van der Waals surface area contributed by atoms with Crippen LogP contribution in [0.15, 0.2) is 42.5 Å².